The van der Waals surface area contributed by atoms with E-state index in [2.05, 4.69) is 46.8 Å². The van der Waals surface area contributed by atoms with Gasteiger partial charge in [0.05, 0.1) is 0 Å². The number of phenols is 1. The van der Waals surface area contributed by atoms with E-state index in [0.29, 0.717) is 17.6 Å². The Morgan fingerprint density at radius 1 is 0.391 bits per heavy atom. The minimum absolute atomic E-state index is 0.495. The van der Waals surface area contributed by atoms with Gasteiger partial charge in [0.15, 0.2) is 0 Å². The lowest BCUT2D eigenvalue weighted by Crippen LogP contribution is -2.05. The van der Waals surface area contributed by atoms with Crippen molar-refractivity contribution in [3.05, 3.63) is 28.8 Å². The lowest BCUT2D eigenvalue weighted by Gasteiger charge is -2.23. The van der Waals surface area contributed by atoms with E-state index in [1.165, 1.54) is 209 Å². The Kier molecular flexibility index (Phi) is 29.3. The number of unbranched alkanes of at least 4 members (excludes halogenated alkanes) is 26. The number of hydrogen-bond donors (Lipinski definition) is 1. The van der Waals surface area contributed by atoms with Crippen LogP contribution in [0.15, 0.2) is 12.1 Å². The number of benzene rings is 1. The molecule has 0 fully saturated rings. The van der Waals surface area contributed by atoms with Crippen LogP contribution in [0.3, 0.4) is 0 Å². The fraction of sp³-hybridized carbons (Fsp3) is 0.867. The Morgan fingerprint density at radius 3 is 0.870 bits per heavy atom. The Morgan fingerprint density at radius 2 is 0.630 bits per heavy atom. The van der Waals surface area contributed by atoms with Crippen molar-refractivity contribution in [3.63, 3.8) is 0 Å². The van der Waals surface area contributed by atoms with Gasteiger partial charge in [0.2, 0.25) is 0 Å². The molecular formula is C45H84O. The van der Waals surface area contributed by atoms with Gasteiger partial charge in [0.1, 0.15) is 5.75 Å². The molecule has 0 spiro atoms. The summed E-state index contributed by atoms with van der Waals surface area (Å²) >= 11 is 0. The fourth-order valence-corrected chi connectivity index (χ4v) is 7.79. The summed E-state index contributed by atoms with van der Waals surface area (Å²) in [6, 6.07) is 4.60. The molecule has 1 heteroatoms. The molecule has 0 heterocycles. The highest BCUT2D eigenvalue weighted by atomic mass is 16.3. The highest BCUT2D eigenvalue weighted by Gasteiger charge is 2.21. The summed E-state index contributed by atoms with van der Waals surface area (Å²) in [4.78, 5) is 0. The third-order valence-electron chi connectivity index (χ3n) is 11.0. The molecule has 0 aliphatic heterocycles. The summed E-state index contributed by atoms with van der Waals surface area (Å²) < 4.78 is 0. The second-order valence-electron chi connectivity index (χ2n) is 15.3. The van der Waals surface area contributed by atoms with Crippen LogP contribution in [0.1, 0.15) is 262 Å². The van der Waals surface area contributed by atoms with Gasteiger partial charge in [-0.2, -0.15) is 0 Å². The second kappa shape index (κ2) is 31.3. The molecule has 1 aromatic carbocycles. The lowest BCUT2D eigenvalue weighted by atomic mass is 9.83. The molecule has 0 aromatic heterocycles. The van der Waals surface area contributed by atoms with Gasteiger partial charge in [-0.05, 0) is 55.6 Å². The second-order valence-corrected chi connectivity index (χ2v) is 15.3. The smallest absolute Gasteiger partial charge is 0.122 e. The SMILES string of the molecule is CCCCCCCCCCCCCCCCC(CC)c1cc(C)cc(C(CC)CCCCCCCCCCCCCCCC)c1O. The Labute approximate surface area is 290 Å². The molecule has 270 valence electrons. The summed E-state index contributed by atoms with van der Waals surface area (Å²) in [5.74, 6) is 1.63. The third-order valence-corrected chi connectivity index (χ3v) is 11.0. The van der Waals surface area contributed by atoms with E-state index < -0.39 is 0 Å². The number of rotatable bonds is 34. The standard InChI is InChI=1S/C45H84O/c1-6-10-12-14-16-18-20-22-24-26-28-30-32-34-36-41(8-3)43-38-40(5)39-44(45(43)46)42(9-4)37-35-33-31-29-27-25-23-21-19-17-15-13-11-7-2/h38-39,41-42,46H,6-37H2,1-5H3. The van der Waals surface area contributed by atoms with Crippen molar-refractivity contribution in [1.29, 1.82) is 0 Å². The van der Waals surface area contributed by atoms with E-state index >= 15 is 0 Å². The first kappa shape index (κ1) is 43.0. The molecular weight excluding hydrogens is 556 g/mol. The fourth-order valence-electron chi connectivity index (χ4n) is 7.79. The summed E-state index contributed by atoms with van der Waals surface area (Å²) in [6.07, 6.45) is 44.2. The molecule has 0 aliphatic carbocycles. The highest BCUT2D eigenvalue weighted by Crippen LogP contribution is 2.41. The zero-order valence-electron chi connectivity index (χ0n) is 32.4. The Hall–Kier alpha value is -0.980. The third kappa shape index (κ3) is 21.8. The first-order valence-corrected chi connectivity index (χ1v) is 21.4. The van der Waals surface area contributed by atoms with Crippen LogP contribution in [0.2, 0.25) is 0 Å². The molecule has 0 aliphatic rings. The average molecular weight is 641 g/mol. The first-order valence-electron chi connectivity index (χ1n) is 21.4. The predicted octanol–water partition coefficient (Wildman–Crippen LogP) is 16.4. The van der Waals surface area contributed by atoms with Crippen LogP contribution in [0, 0.1) is 6.92 Å². The van der Waals surface area contributed by atoms with E-state index in [1.54, 1.807) is 0 Å². The van der Waals surface area contributed by atoms with E-state index in [-0.39, 0.29) is 0 Å². The van der Waals surface area contributed by atoms with Crippen molar-refractivity contribution >= 4 is 0 Å². The van der Waals surface area contributed by atoms with Gasteiger partial charge in [-0.15, -0.1) is 0 Å². The van der Waals surface area contributed by atoms with Gasteiger partial charge >= 0.3 is 0 Å². The maximum Gasteiger partial charge on any atom is 0.122 e. The van der Waals surface area contributed by atoms with E-state index in [9.17, 15) is 5.11 Å². The molecule has 1 N–H and O–H groups in total. The quantitative estimate of drug-likeness (QED) is 0.0743. The number of aromatic hydroxyl groups is 1. The van der Waals surface area contributed by atoms with E-state index in [0.717, 1.165) is 12.8 Å². The van der Waals surface area contributed by atoms with Crippen LogP contribution in [0.4, 0.5) is 0 Å². The molecule has 2 atom stereocenters. The van der Waals surface area contributed by atoms with Crippen LogP contribution in [-0.4, -0.2) is 5.11 Å². The molecule has 0 saturated carbocycles. The monoisotopic (exact) mass is 641 g/mol. The van der Waals surface area contributed by atoms with Crippen molar-refractivity contribution in [2.75, 3.05) is 0 Å². The molecule has 0 saturated heterocycles. The first-order chi connectivity index (χ1) is 22.6. The van der Waals surface area contributed by atoms with Crippen molar-refractivity contribution in [1.82, 2.24) is 0 Å². The zero-order chi connectivity index (χ0) is 33.5. The minimum atomic E-state index is 0.495. The molecule has 0 amide bonds. The number of hydrogen-bond acceptors (Lipinski definition) is 1. The van der Waals surface area contributed by atoms with Crippen molar-refractivity contribution < 1.29 is 5.11 Å². The van der Waals surface area contributed by atoms with E-state index in [4.69, 9.17) is 0 Å². The molecule has 0 radical (unpaired) electrons. The van der Waals surface area contributed by atoms with Gasteiger partial charge in [-0.1, -0.05) is 225 Å². The van der Waals surface area contributed by atoms with Gasteiger partial charge < -0.3 is 5.11 Å². The molecule has 2 unspecified atom stereocenters. The molecule has 0 bridgehead atoms. The zero-order valence-corrected chi connectivity index (χ0v) is 32.4. The maximum absolute atomic E-state index is 11.5. The van der Waals surface area contributed by atoms with Gasteiger partial charge in [0, 0.05) is 0 Å². The van der Waals surface area contributed by atoms with Crippen molar-refractivity contribution in [2.24, 2.45) is 0 Å². The largest absolute Gasteiger partial charge is 0.507 e. The van der Waals surface area contributed by atoms with Crippen molar-refractivity contribution in [2.45, 2.75) is 252 Å². The molecule has 1 nitrogen and oxygen atoms in total. The molecule has 46 heavy (non-hydrogen) atoms. The summed E-state index contributed by atoms with van der Waals surface area (Å²) in [5, 5.41) is 11.5. The molecule has 1 aromatic rings. The van der Waals surface area contributed by atoms with Crippen LogP contribution >= 0.6 is 0 Å². The van der Waals surface area contributed by atoms with Crippen LogP contribution in [0.25, 0.3) is 0 Å². The Balaban J connectivity index is 2.28. The maximum atomic E-state index is 11.5. The van der Waals surface area contributed by atoms with Gasteiger partial charge in [-0.25, -0.2) is 0 Å². The van der Waals surface area contributed by atoms with Crippen LogP contribution in [-0.2, 0) is 0 Å². The lowest BCUT2D eigenvalue weighted by molar-refractivity contribution is 0.429. The topological polar surface area (TPSA) is 20.2 Å². The minimum Gasteiger partial charge on any atom is -0.507 e. The van der Waals surface area contributed by atoms with Crippen molar-refractivity contribution in [3.8, 4) is 5.75 Å². The normalized spacial score (nSPS) is 13.0. The average Bonchev–Trinajstić information content (AvgIpc) is 3.06. The Bertz CT molecular complexity index is 720. The van der Waals surface area contributed by atoms with E-state index in [1.807, 2.05) is 0 Å². The van der Waals surface area contributed by atoms with Gasteiger partial charge in [-0.3, -0.25) is 0 Å². The van der Waals surface area contributed by atoms with Crippen LogP contribution in [0.5, 0.6) is 5.75 Å². The van der Waals surface area contributed by atoms with Crippen LogP contribution < -0.4 is 0 Å². The highest BCUT2D eigenvalue weighted by molar-refractivity contribution is 5.47. The summed E-state index contributed by atoms with van der Waals surface area (Å²) in [7, 11) is 0. The predicted molar refractivity (Wildman–Crippen MR) is 209 cm³/mol. The summed E-state index contributed by atoms with van der Waals surface area (Å²) in [5.41, 5.74) is 3.82. The molecule has 1 rings (SSSR count). The summed E-state index contributed by atoms with van der Waals surface area (Å²) in [6.45, 7) is 11.5. The number of phenolic OH excluding ortho intramolecular Hbond substituents is 1. The number of aryl methyl sites for hydroxylation is 1. The van der Waals surface area contributed by atoms with Gasteiger partial charge in [0.25, 0.3) is 0 Å².